The zero-order valence-electron chi connectivity index (χ0n) is 24.8. The molecule has 0 aromatic carbocycles. The average Bonchev–Trinajstić information content (AvgIpc) is 2.82. The van der Waals surface area contributed by atoms with Gasteiger partial charge in [-0.3, -0.25) is 19.6 Å². The Kier molecular flexibility index (Phi) is 6.16. The average molecular weight is 528 g/mol. The molecule has 0 aromatic rings. The number of nitrogens with one attached hydrogen (secondary N) is 1. The fourth-order valence-corrected chi connectivity index (χ4v) is 10.9. The molecule has 9 atom stereocenters. The summed E-state index contributed by atoms with van der Waals surface area (Å²) in [5, 5.41) is 9.48. The van der Waals surface area contributed by atoms with Crippen molar-refractivity contribution in [2.45, 2.75) is 119 Å². The molecule has 0 aromatic heterocycles. The minimum absolute atomic E-state index is 0.0647. The van der Waals surface area contributed by atoms with E-state index in [9.17, 15) is 19.6 Å². The largest absolute Gasteiger partial charge is 0.462 e. The minimum atomic E-state index is -0.637. The number of allylic oxidation sites excluding steroid dienone is 2. The predicted molar refractivity (Wildman–Crippen MR) is 145 cm³/mol. The fourth-order valence-electron chi connectivity index (χ4n) is 10.9. The number of hydrogen-bond donors (Lipinski definition) is 2. The Morgan fingerprint density at radius 2 is 1.61 bits per heavy atom. The van der Waals surface area contributed by atoms with Crippen LogP contribution in [0.4, 0.5) is 0 Å². The van der Waals surface area contributed by atoms with Crippen LogP contribution >= 0.6 is 0 Å². The highest BCUT2D eigenvalue weighted by Gasteiger charge is 2.70. The molecule has 0 saturated heterocycles. The second kappa shape index (κ2) is 8.41. The lowest BCUT2D eigenvalue weighted by molar-refractivity contribution is -0.210. The first-order valence-electron chi connectivity index (χ1n) is 14.9. The molecule has 0 bridgehead atoms. The Morgan fingerprint density at radius 1 is 0.947 bits per heavy atom. The number of esters is 1. The Morgan fingerprint density at radius 3 is 2.24 bits per heavy atom. The van der Waals surface area contributed by atoms with Crippen molar-refractivity contribution in [3.63, 3.8) is 0 Å². The van der Waals surface area contributed by atoms with Crippen molar-refractivity contribution >= 4 is 17.7 Å². The third-order valence-corrected chi connectivity index (χ3v) is 13.5. The van der Waals surface area contributed by atoms with Gasteiger partial charge < -0.3 is 4.74 Å². The summed E-state index contributed by atoms with van der Waals surface area (Å²) in [6.07, 6.45) is 10.1. The van der Waals surface area contributed by atoms with Gasteiger partial charge in [0.25, 0.3) is 0 Å². The van der Waals surface area contributed by atoms with Gasteiger partial charge in [0.15, 0.2) is 5.78 Å². The minimum Gasteiger partial charge on any atom is -0.462 e. The maximum atomic E-state index is 14.4. The first kappa shape index (κ1) is 27.9. The van der Waals surface area contributed by atoms with Crippen LogP contribution in [-0.4, -0.2) is 29.0 Å². The van der Waals surface area contributed by atoms with E-state index in [1.54, 1.807) is 0 Å². The molecule has 0 aliphatic heterocycles. The van der Waals surface area contributed by atoms with E-state index in [0.29, 0.717) is 12.3 Å². The van der Waals surface area contributed by atoms with Gasteiger partial charge in [0.1, 0.15) is 6.10 Å². The van der Waals surface area contributed by atoms with E-state index < -0.39 is 5.41 Å². The molecule has 0 heterocycles. The second-order valence-corrected chi connectivity index (χ2v) is 15.7. The van der Waals surface area contributed by atoms with Crippen molar-refractivity contribution < 1.29 is 24.3 Å². The number of ether oxygens (including phenoxy) is 1. The number of rotatable bonds is 2. The molecule has 0 spiro atoms. The van der Waals surface area contributed by atoms with Crippen LogP contribution in [0.1, 0.15) is 113 Å². The third kappa shape index (κ3) is 3.50. The Labute approximate surface area is 228 Å². The molecule has 5 aliphatic carbocycles. The first-order chi connectivity index (χ1) is 17.5. The van der Waals surface area contributed by atoms with Crippen LogP contribution in [0.25, 0.3) is 0 Å². The summed E-state index contributed by atoms with van der Waals surface area (Å²) >= 11 is 0. The highest BCUT2D eigenvalue weighted by atomic mass is 16.5. The molecule has 38 heavy (non-hydrogen) atoms. The van der Waals surface area contributed by atoms with Gasteiger partial charge in [-0.15, -0.1) is 0 Å². The third-order valence-electron chi connectivity index (χ3n) is 13.5. The standard InChI is InChI=1S/C32H49NO5/c1-19(34)38-24-10-11-30(6)23(27(24,2)3)9-12-32(8)25(30)22(35)17-20-21-18-29(5,26(36)33-37)14-13-28(21,4)15-16-31(20,32)7/h17,21,23-25,37H,9-16,18H2,1-8H3,(H,33,36)/t21?,23?,24-,25?,28+,29-,30-,31+,32+/m0/s1. The predicted octanol–water partition coefficient (Wildman–Crippen LogP) is 6.40. The Balaban J connectivity index is 1.57. The van der Waals surface area contributed by atoms with E-state index in [1.165, 1.54) is 12.5 Å². The van der Waals surface area contributed by atoms with Gasteiger partial charge in [-0.05, 0) is 97.4 Å². The monoisotopic (exact) mass is 527 g/mol. The molecule has 4 fully saturated rings. The van der Waals surface area contributed by atoms with Crippen LogP contribution < -0.4 is 5.48 Å². The summed E-state index contributed by atoms with van der Waals surface area (Å²) in [5.41, 5.74) is 1.98. The van der Waals surface area contributed by atoms with E-state index in [1.807, 2.05) is 18.5 Å². The highest BCUT2D eigenvalue weighted by Crippen LogP contribution is 2.75. The van der Waals surface area contributed by atoms with Crippen LogP contribution in [0.3, 0.4) is 0 Å². The van der Waals surface area contributed by atoms with Gasteiger partial charge in [0.2, 0.25) is 5.91 Å². The van der Waals surface area contributed by atoms with Gasteiger partial charge in [-0.1, -0.05) is 54.0 Å². The molecule has 6 heteroatoms. The number of fused-ring (bicyclic) bond motifs is 7. The van der Waals surface area contributed by atoms with Crippen LogP contribution in [-0.2, 0) is 19.1 Å². The van der Waals surface area contributed by atoms with Gasteiger partial charge >= 0.3 is 5.97 Å². The number of ketones is 1. The zero-order chi connectivity index (χ0) is 28.1. The van der Waals surface area contributed by atoms with Crippen LogP contribution in [0.5, 0.6) is 0 Å². The lowest BCUT2D eigenvalue weighted by Crippen LogP contribution is -2.66. The summed E-state index contributed by atoms with van der Waals surface area (Å²) < 4.78 is 5.83. The summed E-state index contributed by atoms with van der Waals surface area (Å²) in [7, 11) is 0. The molecule has 6 nitrogen and oxygen atoms in total. The van der Waals surface area contributed by atoms with Gasteiger partial charge in [0.05, 0.1) is 0 Å². The Hall–Kier alpha value is -1.69. The second-order valence-electron chi connectivity index (χ2n) is 15.7. The molecule has 2 N–H and O–H groups in total. The summed E-state index contributed by atoms with van der Waals surface area (Å²) in [6.45, 7) is 17.4. The lowest BCUT2D eigenvalue weighted by atomic mass is 9.33. The fraction of sp³-hybridized carbons (Fsp3) is 0.844. The van der Waals surface area contributed by atoms with Crippen LogP contribution in [0.15, 0.2) is 11.6 Å². The molecule has 5 aliphatic rings. The number of hydroxylamine groups is 1. The van der Waals surface area contributed by atoms with E-state index in [-0.39, 0.29) is 62.7 Å². The smallest absolute Gasteiger partial charge is 0.302 e. The summed E-state index contributed by atoms with van der Waals surface area (Å²) in [5.74, 6) is 0.117. The Bertz CT molecular complexity index is 1100. The molecule has 212 valence electrons. The first-order valence-corrected chi connectivity index (χ1v) is 14.9. The topological polar surface area (TPSA) is 92.7 Å². The summed E-state index contributed by atoms with van der Waals surface area (Å²) in [6, 6.07) is 0. The number of carbonyl (C=O) groups is 3. The van der Waals surface area contributed by atoms with Crippen molar-refractivity contribution in [2.24, 2.45) is 50.2 Å². The van der Waals surface area contributed by atoms with E-state index in [2.05, 4.69) is 41.5 Å². The van der Waals surface area contributed by atoms with E-state index in [4.69, 9.17) is 4.74 Å². The van der Waals surface area contributed by atoms with Gasteiger partial charge in [-0.25, -0.2) is 5.48 Å². The molecule has 5 rings (SSSR count). The van der Waals surface area contributed by atoms with Crippen molar-refractivity contribution in [1.29, 1.82) is 0 Å². The maximum absolute atomic E-state index is 14.4. The SMILES string of the molecule is CC(=O)O[C@H]1CC[C@@]2(C)C(CC[C@]3(C)C2C(=O)C=C2C4C[C@@](C)(C(=O)NO)CC[C@]4(C)CC[C@]23C)C1(C)C. The zero-order valence-corrected chi connectivity index (χ0v) is 24.8. The molecule has 3 unspecified atom stereocenters. The van der Waals surface area contributed by atoms with Crippen LogP contribution in [0.2, 0.25) is 0 Å². The van der Waals surface area contributed by atoms with Crippen LogP contribution in [0, 0.1) is 50.2 Å². The molecular weight excluding hydrogens is 478 g/mol. The van der Waals surface area contributed by atoms with E-state index >= 15 is 0 Å². The van der Waals surface area contributed by atoms with Crippen molar-refractivity contribution in [3.05, 3.63) is 11.6 Å². The lowest BCUT2D eigenvalue weighted by Gasteiger charge is -2.70. The molecular formula is C32H49NO5. The van der Waals surface area contributed by atoms with Gasteiger partial charge in [0, 0.05) is 23.7 Å². The highest BCUT2D eigenvalue weighted by molar-refractivity contribution is 5.95. The van der Waals surface area contributed by atoms with Crippen molar-refractivity contribution in [1.82, 2.24) is 5.48 Å². The molecule has 1 amide bonds. The van der Waals surface area contributed by atoms with Crippen molar-refractivity contribution in [2.75, 3.05) is 0 Å². The summed E-state index contributed by atoms with van der Waals surface area (Å²) in [4.78, 5) is 39.0. The molecule has 4 saturated carbocycles. The normalized spacial score (nSPS) is 49.4. The number of hydrogen-bond acceptors (Lipinski definition) is 5. The van der Waals surface area contributed by atoms with Crippen molar-refractivity contribution in [3.8, 4) is 0 Å². The number of carbonyl (C=O) groups excluding carboxylic acids is 3. The maximum Gasteiger partial charge on any atom is 0.302 e. The number of amides is 1. The quantitative estimate of drug-likeness (QED) is 0.246. The van der Waals surface area contributed by atoms with Gasteiger partial charge in [-0.2, -0.15) is 0 Å². The van der Waals surface area contributed by atoms with E-state index in [0.717, 1.165) is 51.4 Å². The molecule has 0 radical (unpaired) electrons.